The zero-order valence-corrected chi connectivity index (χ0v) is 11.3. The van der Waals surface area contributed by atoms with Gasteiger partial charge in [-0.15, -0.1) is 0 Å². The van der Waals surface area contributed by atoms with E-state index < -0.39 is 11.4 Å². The topological polar surface area (TPSA) is 107 Å². The van der Waals surface area contributed by atoms with E-state index in [1.807, 2.05) is 0 Å². The molecule has 0 unspecified atom stereocenters. The summed E-state index contributed by atoms with van der Waals surface area (Å²) >= 11 is 0. The van der Waals surface area contributed by atoms with E-state index >= 15 is 0 Å². The third-order valence-electron chi connectivity index (χ3n) is 2.60. The predicted octanol–water partition coefficient (Wildman–Crippen LogP) is 0.661. The predicted molar refractivity (Wildman–Crippen MR) is 72.8 cm³/mol. The number of ether oxygens (including phenoxy) is 1. The summed E-state index contributed by atoms with van der Waals surface area (Å²) in [5.41, 5.74) is 10.8. The number of anilines is 1. The number of carbonyl (C=O) groups excluding carboxylic acids is 2. The molecule has 0 fully saturated rings. The number of hydrogen-bond donors (Lipinski definition) is 3. The first kappa shape index (κ1) is 14.8. The Balaban J connectivity index is 2.93. The molecular formula is C13H19N3O3. The van der Waals surface area contributed by atoms with Crippen molar-refractivity contribution in [2.24, 2.45) is 5.73 Å². The van der Waals surface area contributed by atoms with E-state index in [2.05, 4.69) is 5.32 Å². The molecule has 104 valence electrons. The summed E-state index contributed by atoms with van der Waals surface area (Å²) < 4.78 is 5.05. The minimum absolute atomic E-state index is 0.0443. The van der Waals surface area contributed by atoms with E-state index in [9.17, 15) is 9.59 Å². The molecule has 0 saturated heterocycles. The van der Waals surface area contributed by atoms with Gasteiger partial charge < -0.3 is 21.5 Å². The Bertz CT molecular complexity index is 498. The number of benzene rings is 1. The quantitative estimate of drug-likeness (QED) is 0.680. The number of hydrogen-bond acceptors (Lipinski definition) is 4. The van der Waals surface area contributed by atoms with Crippen molar-refractivity contribution in [3.8, 4) is 5.75 Å². The van der Waals surface area contributed by atoms with Gasteiger partial charge in [-0.1, -0.05) is 6.07 Å². The largest absolute Gasteiger partial charge is 0.495 e. The van der Waals surface area contributed by atoms with Gasteiger partial charge >= 0.3 is 0 Å². The number of primary amides is 1. The Morgan fingerprint density at radius 3 is 2.53 bits per heavy atom. The second-order valence-corrected chi connectivity index (χ2v) is 4.90. The molecule has 0 aromatic heterocycles. The maximum Gasteiger partial charge on any atom is 0.253 e. The molecule has 6 heteroatoms. The van der Waals surface area contributed by atoms with Crippen LogP contribution >= 0.6 is 0 Å². The highest BCUT2D eigenvalue weighted by Crippen LogP contribution is 2.25. The lowest BCUT2D eigenvalue weighted by Crippen LogP contribution is -2.46. The van der Waals surface area contributed by atoms with E-state index in [1.165, 1.54) is 7.11 Å². The highest BCUT2D eigenvalue weighted by Gasteiger charge is 2.24. The molecule has 0 atom stereocenters. The third kappa shape index (κ3) is 3.87. The monoisotopic (exact) mass is 265 g/mol. The Hall–Kier alpha value is -2.24. The number of amides is 2. The molecule has 0 heterocycles. The molecule has 0 bridgehead atoms. The van der Waals surface area contributed by atoms with E-state index in [0.29, 0.717) is 11.3 Å². The average molecular weight is 265 g/mol. The molecule has 0 radical (unpaired) electrons. The maximum atomic E-state index is 12.1. The highest BCUT2D eigenvalue weighted by molar-refractivity contribution is 6.00. The van der Waals surface area contributed by atoms with Gasteiger partial charge in [0.2, 0.25) is 5.91 Å². The van der Waals surface area contributed by atoms with Gasteiger partial charge in [0.1, 0.15) is 5.75 Å². The Morgan fingerprint density at radius 2 is 2.00 bits per heavy atom. The minimum Gasteiger partial charge on any atom is -0.495 e. The van der Waals surface area contributed by atoms with Crippen LogP contribution in [0, 0.1) is 0 Å². The molecular weight excluding hydrogens is 246 g/mol. The summed E-state index contributed by atoms with van der Waals surface area (Å²) in [6.45, 7) is 3.43. The van der Waals surface area contributed by atoms with Gasteiger partial charge in [-0.3, -0.25) is 9.59 Å². The molecule has 2 amide bonds. The Morgan fingerprint density at radius 1 is 1.37 bits per heavy atom. The molecule has 0 aliphatic rings. The van der Waals surface area contributed by atoms with E-state index in [-0.39, 0.29) is 18.0 Å². The summed E-state index contributed by atoms with van der Waals surface area (Å²) in [5.74, 6) is -0.424. The van der Waals surface area contributed by atoms with Crippen LogP contribution < -0.4 is 21.5 Å². The molecule has 5 N–H and O–H groups in total. The van der Waals surface area contributed by atoms with Crippen LogP contribution in [0.2, 0.25) is 0 Å². The van der Waals surface area contributed by atoms with Gasteiger partial charge in [-0.05, 0) is 26.0 Å². The smallest absolute Gasteiger partial charge is 0.253 e. The van der Waals surface area contributed by atoms with E-state index in [1.54, 1.807) is 32.0 Å². The number of nitrogens with one attached hydrogen (secondary N) is 1. The summed E-state index contributed by atoms with van der Waals surface area (Å²) in [6.07, 6.45) is 0.0443. The van der Waals surface area contributed by atoms with Crippen LogP contribution in [0.1, 0.15) is 30.6 Å². The zero-order valence-electron chi connectivity index (χ0n) is 11.3. The molecule has 0 aliphatic carbocycles. The Labute approximate surface area is 112 Å². The van der Waals surface area contributed by atoms with Crippen molar-refractivity contribution in [1.82, 2.24) is 5.32 Å². The number of methoxy groups -OCH3 is 1. The molecule has 1 aromatic rings. The van der Waals surface area contributed by atoms with Crippen LogP contribution in [-0.4, -0.2) is 24.5 Å². The van der Waals surface area contributed by atoms with E-state index in [4.69, 9.17) is 16.2 Å². The van der Waals surface area contributed by atoms with Crippen molar-refractivity contribution >= 4 is 17.5 Å². The van der Waals surface area contributed by atoms with Gasteiger partial charge in [0, 0.05) is 12.0 Å². The molecule has 0 aliphatic heterocycles. The molecule has 0 saturated carbocycles. The van der Waals surface area contributed by atoms with Crippen molar-refractivity contribution in [3.05, 3.63) is 23.8 Å². The van der Waals surface area contributed by atoms with Gasteiger partial charge in [0.25, 0.3) is 5.91 Å². The molecule has 0 spiro atoms. The summed E-state index contributed by atoms with van der Waals surface area (Å²) in [7, 11) is 1.48. The van der Waals surface area contributed by atoms with Gasteiger partial charge in [-0.25, -0.2) is 0 Å². The first-order valence-electron chi connectivity index (χ1n) is 5.80. The van der Waals surface area contributed by atoms with Crippen molar-refractivity contribution in [2.45, 2.75) is 25.8 Å². The summed E-state index contributed by atoms with van der Waals surface area (Å²) in [4.78, 5) is 23.1. The van der Waals surface area contributed by atoms with Crippen molar-refractivity contribution in [3.63, 3.8) is 0 Å². The van der Waals surface area contributed by atoms with Crippen LogP contribution in [0.15, 0.2) is 18.2 Å². The van der Waals surface area contributed by atoms with Crippen molar-refractivity contribution < 1.29 is 14.3 Å². The minimum atomic E-state index is -0.738. The van der Waals surface area contributed by atoms with Crippen molar-refractivity contribution in [1.29, 1.82) is 0 Å². The lowest BCUT2D eigenvalue weighted by molar-refractivity contribution is -0.119. The number of nitrogens with two attached hydrogens (primary N) is 2. The first-order valence-corrected chi connectivity index (χ1v) is 5.80. The van der Waals surface area contributed by atoms with Crippen LogP contribution in [0.3, 0.4) is 0 Å². The van der Waals surface area contributed by atoms with Crippen LogP contribution in [0.25, 0.3) is 0 Å². The fourth-order valence-corrected chi connectivity index (χ4v) is 1.77. The number of nitrogen functional groups attached to an aromatic ring is 1. The van der Waals surface area contributed by atoms with Gasteiger partial charge in [0.05, 0.1) is 18.4 Å². The number of carbonyl (C=O) groups is 2. The normalized spacial score (nSPS) is 10.9. The lowest BCUT2D eigenvalue weighted by atomic mass is 9.99. The van der Waals surface area contributed by atoms with Crippen LogP contribution in [0.5, 0.6) is 5.75 Å². The van der Waals surface area contributed by atoms with Gasteiger partial charge in [0.15, 0.2) is 0 Å². The fourth-order valence-electron chi connectivity index (χ4n) is 1.77. The van der Waals surface area contributed by atoms with E-state index in [0.717, 1.165) is 0 Å². The molecule has 6 nitrogen and oxygen atoms in total. The summed E-state index contributed by atoms with van der Waals surface area (Å²) in [6, 6.07) is 4.93. The molecule has 1 rings (SSSR count). The van der Waals surface area contributed by atoms with Crippen LogP contribution in [0.4, 0.5) is 5.69 Å². The SMILES string of the molecule is COc1cccc(C(=O)NC(C)(C)CC(N)=O)c1N. The second kappa shape index (κ2) is 5.60. The first-order chi connectivity index (χ1) is 8.76. The second-order valence-electron chi connectivity index (χ2n) is 4.90. The van der Waals surface area contributed by atoms with Crippen LogP contribution in [-0.2, 0) is 4.79 Å². The highest BCUT2D eigenvalue weighted by atomic mass is 16.5. The number of rotatable bonds is 5. The fraction of sp³-hybridized carbons (Fsp3) is 0.385. The standard InChI is InChI=1S/C13H19N3O3/c1-13(2,7-10(14)17)16-12(18)8-5-4-6-9(19-3)11(8)15/h4-6H,7,15H2,1-3H3,(H2,14,17)(H,16,18). The lowest BCUT2D eigenvalue weighted by Gasteiger charge is -2.25. The Kier molecular flexibility index (Phi) is 4.37. The molecule has 1 aromatic carbocycles. The zero-order chi connectivity index (χ0) is 14.6. The van der Waals surface area contributed by atoms with Crippen molar-refractivity contribution in [2.75, 3.05) is 12.8 Å². The third-order valence-corrected chi connectivity index (χ3v) is 2.60. The molecule has 19 heavy (non-hydrogen) atoms. The van der Waals surface area contributed by atoms with Gasteiger partial charge in [-0.2, -0.15) is 0 Å². The summed E-state index contributed by atoms with van der Waals surface area (Å²) in [5, 5.41) is 2.72. The maximum absolute atomic E-state index is 12.1. The average Bonchev–Trinajstić information content (AvgIpc) is 2.26. The number of para-hydroxylation sites is 1.